The van der Waals surface area contributed by atoms with Crippen LogP contribution in [0.3, 0.4) is 0 Å². The van der Waals surface area contributed by atoms with E-state index < -0.39 is 12.1 Å². The lowest BCUT2D eigenvalue weighted by molar-refractivity contribution is -0.166. The molecule has 0 bridgehead atoms. The van der Waals surface area contributed by atoms with Gasteiger partial charge >= 0.3 is 17.9 Å². The molecule has 0 heterocycles. The Kier molecular flexibility index (Phi) is 67.2. The van der Waals surface area contributed by atoms with Crippen molar-refractivity contribution >= 4 is 17.9 Å². The average molecular weight is 1150 g/mol. The van der Waals surface area contributed by atoms with Crippen LogP contribution < -0.4 is 0 Å². The van der Waals surface area contributed by atoms with Gasteiger partial charge in [0.25, 0.3) is 0 Å². The van der Waals surface area contributed by atoms with Crippen molar-refractivity contribution in [2.75, 3.05) is 13.2 Å². The first-order chi connectivity index (χ1) is 41.0. The zero-order valence-corrected chi connectivity index (χ0v) is 54.7. The first kappa shape index (κ1) is 79.1. The molecule has 83 heavy (non-hydrogen) atoms. The molecule has 0 aromatic carbocycles. The molecule has 0 aromatic rings. The highest BCUT2D eigenvalue weighted by Crippen LogP contribution is 2.18. The molecule has 476 valence electrons. The highest BCUT2D eigenvalue weighted by Gasteiger charge is 2.19. The molecule has 0 rings (SSSR count). The summed E-state index contributed by atoms with van der Waals surface area (Å²) in [6.45, 7) is 6.38. The minimum absolute atomic E-state index is 0.113. The number of hydrogen-bond acceptors (Lipinski definition) is 6. The fraction of sp³-hybridized carbons (Fsp3) is 0.727. The van der Waals surface area contributed by atoms with Gasteiger partial charge in [-0.25, -0.2) is 0 Å². The van der Waals surface area contributed by atoms with Crippen LogP contribution in [0.5, 0.6) is 0 Å². The lowest BCUT2D eigenvalue weighted by atomic mass is 10.0. The molecule has 0 amide bonds. The summed E-state index contributed by atoms with van der Waals surface area (Å²) in [6.07, 6.45) is 97.2. The molecule has 0 aliphatic heterocycles. The minimum Gasteiger partial charge on any atom is -0.462 e. The van der Waals surface area contributed by atoms with Crippen molar-refractivity contribution < 1.29 is 28.6 Å². The van der Waals surface area contributed by atoms with Gasteiger partial charge in [0, 0.05) is 19.3 Å². The largest absolute Gasteiger partial charge is 0.462 e. The van der Waals surface area contributed by atoms with Gasteiger partial charge in [0.2, 0.25) is 0 Å². The molecule has 0 saturated carbocycles. The second kappa shape index (κ2) is 70.6. The Bertz CT molecular complexity index is 1660. The smallest absolute Gasteiger partial charge is 0.306 e. The van der Waals surface area contributed by atoms with Gasteiger partial charge in [-0.1, -0.05) is 342 Å². The van der Waals surface area contributed by atoms with Gasteiger partial charge in [-0.05, 0) is 89.9 Å². The number of ether oxygens (including phenoxy) is 3. The van der Waals surface area contributed by atoms with Crippen LogP contribution in [-0.4, -0.2) is 37.2 Å². The highest BCUT2D eigenvalue weighted by atomic mass is 16.6. The molecular formula is C77H132O6. The van der Waals surface area contributed by atoms with E-state index in [9.17, 15) is 14.4 Å². The molecule has 0 N–H and O–H groups in total. The summed E-state index contributed by atoms with van der Waals surface area (Å²) in [5, 5.41) is 0. The topological polar surface area (TPSA) is 78.9 Å². The third-order valence-electron chi connectivity index (χ3n) is 15.3. The van der Waals surface area contributed by atoms with Crippen molar-refractivity contribution in [1.29, 1.82) is 0 Å². The number of allylic oxidation sites excluding steroid dienone is 18. The van der Waals surface area contributed by atoms with Gasteiger partial charge in [-0.15, -0.1) is 0 Å². The zero-order valence-electron chi connectivity index (χ0n) is 54.7. The van der Waals surface area contributed by atoms with Crippen LogP contribution in [0.1, 0.15) is 342 Å². The number of carbonyl (C=O) groups excluding carboxylic acids is 3. The first-order valence-electron chi connectivity index (χ1n) is 35.4. The molecule has 0 radical (unpaired) electrons. The number of rotatable bonds is 64. The second-order valence-corrected chi connectivity index (χ2v) is 23.4. The van der Waals surface area contributed by atoms with E-state index >= 15 is 0 Å². The maximum Gasteiger partial charge on any atom is 0.306 e. The predicted molar refractivity (Wildman–Crippen MR) is 362 cm³/mol. The summed E-state index contributed by atoms with van der Waals surface area (Å²) in [6, 6.07) is 0. The fourth-order valence-corrected chi connectivity index (χ4v) is 10.1. The molecule has 0 aromatic heterocycles. The number of esters is 3. The van der Waals surface area contributed by atoms with Crippen LogP contribution in [0, 0.1) is 0 Å². The Balaban J connectivity index is 4.29. The van der Waals surface area contributed by atoms with Crippen molar-refractivity contribution in [3.8, 4) is 0 Å². The van der Waals surface area contributed by atoms with Crippen LogP contribution in [0.4, 0.5) is 0 Å². The standard InChI is InChI=1S/C77H132O6/c1-4-7-10-13-16-19-22-25-28-30-32-33-34-35-36-37-38-39-40-41-42-43-45-46-49-52-55-58-61-64-67-70-76(79)82-73-74(72-81-75(78)69-66-63-60-57-54-51-48-27-24-21-18-15-12-9-6-3)83-77(80)71-68-65-62-59-56-53-50-47-44-31-29-26-23-20-17-14-11-8-5-2/h8-9,11-12,17-18,20-21,26-27,29,44,47-48,53,56,62,65,74H,4-7,10,13-16,19,22-25,28,30-43,45-46,49-52,54-55,57-61,63-64,66-73H2,1-3H3/b11-8-,12-9-,20-17-,21-18-,29-26-,47-44-,48-27-,56-53-,65-62-. The zero-order chi connectivity index (χ0) is 59.9. The van der Waals surface area contributed by atoms with Crippen LogP contribution >= 0.6 is 0 Å². The van der Waals surface area contributed by atoms with Crippen LogP contribution in [0.15, 0.2) is 109 Å². The number of carbonyl (C=O) groups is 3. The predicted octanol–water partition coefficient (Wildman–Crippen LogP) is 24.6. The Labute approximate surface area is 514 Å². The van der Waals surface area contributed by atoms with Gasteiger partial charge in [0.15, 0.2) is 6.10 Å². The van der Waals surface area contributed by atoms with Crippen LogP contribution in [0.25, 0.3) is 0 Å². The molecule has 0 fully saturated rings. The highest BCUT2D eigenvalue weighted by molar-refractivity contribution is 5.71. The average Bonchev–Trinajstić information content (AvgIpc) is 3.49. The minimum atomic E-state index is -0.828. The molecule has 6 nitrogen and oxygen atoms in total. The van der Waals surface area contributed by atoms with E-state index in [1.54, 1.807) is 0 Å². The quantitative estimate of drug-likeness (QED) is 0.0261. The second-order valence-electron chi connectivity index (χ2n) is 23.4. The van der Waals surface area contributed by atoms with E-state index in [2.05, 4.69) is 124 Å². The lowest BCUT2D eigenvalue weighted by Crippen LogP contribution is -2.30. The Morgan fingerprint density at radius 1 is 0.253 bits per heavy atom. The number of hydrogen-bond donors (Lipinski definition) is 0. The summed E-state index contributed by atoms with van der Waals surface area (Å²) in [7, 11) is 0. The van der Waals surface area contributed by atoms with Crippen LogP contribution in [-0.2, 0) is 28.6 Å². The van der Waals surface area contributed by atoms with E-state index in [-0.39, 0.29) is 31.6 Å². The number of unbranched alkanes of at least 4 members (excludes halogenated alkanes) is 35. The van der Waals surface area contributed by atoms with Crippen LogP contribution in [0.2, 0.25) is 0 Å². The molecule has 0 saturated heterocycles. The Morgan fingerprint density at radius 2 is 0.494 bits per heavy atom. The van der Waals surface area contributed by atoms with Crippen molar-refractivity contribution in [3.63, 3.8) is 0 Å². The fourth-order valence-electron chi connectivity index (χ4n) is 10.1. The summed E-state index contributed by atoms with van der Waals surface area (Å²) in [5.74, 6) is -1.00. The van der Waals surface area contributed by atoms with E-state index in [0.717, 1.165) is 116 Å². The third-order valence-corrected chi connectivity index (χ3v) is 15.3. The molecule has 0 aliphatic rings. The molecular weight excluding hydrogens is 1020 g/mol. The Hall–Kier alpha value is -3.93. The van der Waals surface area contributed by atoms with E-state index in [1.165, 1.54) is 180 Å². The van der Waals surface area contributed by atoms with Crippen molar-refractivity contribution in [1.82, 2.24) is 0 Å². The monoisotopic (exact) mass is 1150 g/mol. The SMILES string of the molecule is CC/C=C\C/C=C\C/C=C\C/C=C\C/C=C\C/C=C\CCC(=O)OC(COC(=O)CCCCCCC/C=C\C/C=C\C/C=C\CC)COC(=O)CCCCCCCCCCCCCCCCCCCCCCCCCCCCCCCCC. The van der Waals surface area contributed by atoms with Gasteiger partial charge in [0.05, 0.1) is 0 Å². The Morgan fingerprint density at radius 3 is 0.783 bits per heavy atom. The molecule has 0 aliphatic carbocycles. The molecule has 6 heteroatoms. The summed E-state index contributed by atoms with van der Waals surface area (Å²) < 4.78 is 16.9. The third kappa shape index (κ3) is 68.7. The summed E-state index contributed by atoms with van der Waals surface area (Å²) >= 11 is 0. The van der Waals surface area contributed by atoms with Gasteiger partial charge in [-0.2, -0.15) is 0 Å². The maximum atomic E-state index is 12.9. The molecule has 0 spiro atoms. The van der Waals surface area contributed by atoms with E-state index in [1.807, 2.05) is 6.08 Å². The molecule has 1 unspecified atom stereocenters. The molecule has 1 atom stereocenters. The van der Waals surface area contributed by atoms with Gasteiger partial charge in [-0.3, -0.25) is 14.4 Å². The maximum absolute atomic E-state index is 12.9. The van der Waals surface area contributed by atoms with Gasteiger partial charge < -0.3 is 14.2 Å². The summed E-state index contributed by atoms with van der Waals surface area (Å²) in [4.78, 5) is 38.4. The first-order valence-corrected chi connectivity index (χ1v) is 35.4. The lowest BCUT2D eigenvalue weighted by Gasteiger charge is -2.18. The summed E-state index contributed by atoms with van der Waals surface area (Å²) in [5.41, 5.74) is 0. The van der Waals surface area contributed by atoms with Crippen molar-refractivity contribution in [3.05, 3.63) is 109 Å². The van der Waals surface area contributed by atoms with Crippen molar-refractivity contribution in [2.45, 2.75) is 348 Å². The van der Waals surface area contributed by atoms with Gasteiger partial charge in [0.1, 0.15) is 13.2 Å². The van der Waals surface area contributed by atoms with Crippen molar-refractivity contribution in [2.24, 2.45) is 0 Å². The van der Waals surface area contributed by atoms with E-state index in [4.69, 9.17) is 14.2 Å². The normalized spacial score (nSPS) is 12.8. The van der Waals surface area contributed by atoms with E-state index in [0.29, 0.717) is 19.3 Å².